The molecule has 2 aromatic rings. The predicted molar refractivity (Wildman–Crippen MR) is 90.6 cm³/mol. The van der Waals surface area contributed by atoms with Gasteiger partial charge in [0.15, 0.2) is 0 Å². The number of hydrogen-bond acceptors (Lipinski definition) is 2. The van der Waals surface area contributed by atoms with Gasteiger partial charge in [-0.05, 0) is 41.7 Å². The highest BCUT2D eigenvalue weighted by molar-refractivity contribution is 5.92. The number of aryl methyl sites for hydroxylation is 2. The SMILES string of the molecule is CCc1cccc(CC(=O)Nc2ccc(CCC(=O)O)cc2)c1. The second kappa shape index (κ2) is 8.13. The van der Waals surface area contributed by atoms with Crippen molar-refractivity contribution in [1.29, 1.82) is 0 Å². The quantitative estimate of drug-likeness (QED) is 0.823. The molecular formula is C19H21NO3. The molecule has 0 aliphatic carbocycles. The first-order valence-corrected chi connectivity index (χ1v) is 7.75. The van der Waals surface area contributed by atoms with Crippen molar-refractivity contribution in [2.45, 2.75) is 32.6 Å². The number of rotatable bonds is 7. The lowest BCUT2D eigenvalue weighted by molar-refractivity contribution is -0.137. The lowest BCUT2D eigenvalue weighted by Gasteiger charge is -2.07. The summed E-state index contributed by atoms with van der Waals surface area (Å²) in [4.78, 5) is 22.6. The van der Waals surface area contributed by atoms with Crippen molar-refractivity contribution in [3.63, 3.8) is 0 Å². The Morgan fingerprint density at radius 1 is 1.00 bits per heavy atom. The van der Waals surface area contributed by atoms with Gasteiger partial charge >= 0.3 is 5.97 Å². The third-order valence-electron chi connectivity index (χ3n) is 3.63. The van der Waals surface area contributed by atoms with Crippen molar-refractivity contribution in [1.82, 2.24) is 0 Å². The van der Waals surface area contributed by atoms with E-state index < -0.39 is 5.97 Å². The number of nitrogens with one attached hydrogen (secondary N) is 1. The van der Waals surface area contributed by atoms with Crippen LogP contribution in [-0.4, -0.2) is 17.0 Å². The fourth-order valence-electron chi connectivity index (χ4n) is 2.36. The van der Waals surface area contributed by atoms with Crippen molar-refractivity contribution in [3.8, 4) is 0 Å². The molecule has 0 saturated heterocycles. The lowest BCUT2D eigenvalue weighted by Crippen LogP contribution is -2.14. The number of anilines is 1. The molecule has 0 atom stereocenters. The Balaban J connectivity index is 1.90. The fourth-order valence-corrected chi connectivity index (χ4v) is 2.36. The summed E-state index contributed by atoms with van der Waals surface area (Å²) in [6.07, 6.45) is 1.90. The number of carboxylic acids is 1. The van der Waals surface area contributed by atoms with Crippen LogP contribution in [0.4, 0.5) is 5.69 Å². The summed E-state index contributed by atoms with van der Waals surface area (Å²) in [5.41, 5.74) is 3.89. The molecule has 4 nitrogen and oxygen atoms in total. The van der Waals surface area contributed by atoms with Crippen molar-refractivity contribution in [2.24, 2.45) is 0 Å². The number of benzene rings is 2. The van der Waals surface area contributed by atoms with E-state index in [1.807, 2.05) is 24.3 Å². The zero-order valence-electron chi connectivity index (χ0n) is 13.2. The van der Waals surface area contributed by atoms with Crippen LogP contribution < -0.4 is 5.32 Å². The molecule has 0 aliphatic heterocycles. The molecule has 0 heterocycles. The average molecular weight is 311 g/mol. The van der Waals surface area contributed by atoms with Crippen LogP contribution in [0.15, 0.2) is 48.5 Å². The van der Waals surface area contributed by atoms with Crippen molar-refractivity contribution in [2.75, 3.05) is 5.32 Å². The van der Waals surface area contributed by atoms with E-state index in [9.17, 15) is 9.59 Å². The number of carbonyl (C=O) groups is 2. The number of carbonyl (C=O) groups excluding carboxylic acids is 1. The third kappa shape index (κ3) is 5.58. The minimum atomic E-state index is -0.809. The average Bonchev–Trinajstić information content (AvgIpc) is 2.54. The highest BCUT2D eigenvalue weighted by Crippen LogP contribution is 2.13. The molecule has 0 spiro atoms. The molecule has 2 N–H and O–H groups in total. The molecule has 0 aromatic heterocycles. The van der Waals surface area contributed by atoms with E-state index in [0.717, 1.165) is 23.2 Å². The van der Waals surface area contributed by atoms with Crippen molar-refractivity contribution in [3.05, 3.63) is 65.2 Å². The van der Waals surface area contributed by atoms with Crippen LogP contribution in [0.3, 0.4) is 0 Å². The van der Waals surface area contributed by atoms with Crippen LogP contribution in [0.5, 0.6) is 0 Å². The van der Waals surface area contributed by atoms with Gasteiger partial charge in [-0.3, -0.25) is 9.59 Å². The van der Waals surface area contributed by atoms with Crippen LogP contribution in [0.2, 0.25) is 0 Å². The number of amides is 1. The molecule has 120 valence electrons. The Labute approximate surface area is 136 Å². The van der Waals surface area contributed by atoms with Crippen LogP contribution in [-0.2, 0) is 28.9 Å². The third-order valence-corrected chi connectivity index (χ3v) is 3.63. The fraction of sp³-hybridized carbons (Fsp3) is 0.263. The van der Waals surface area contributed by atoms with Gasteiger partial charge in [-0.15, -0.1) is 0 Å². The van der Waals surface area contributed by atoms with Crippen molar-refractivity contribution >= 4 is 17.6 Å². The Kier molecular flexibility index (Phi) is 5.92. The summed E-state index contributed by atoms with van der Waals surface area (Å²) in [5, 5.41) is 11.5. The Morgan fingerprint density at radius 2 is 1.70 bits per heavy atom. The summed E-state index contributed by atoms with van der Waals surface area (Å²) < 4.78 is 0. The van der Waals surface area contributed by atoms with Gasteiger partial charge in [-0.25, -0.2) is 0 Å². The monoisotopic (exact) mass is 311 g/mol. The highest BCUT2D eigenvalue weighted by atomic mass is 16.4. The van der Waals surface area contributed by atoms with Gasteiger partial charge in [0.05, 0.1) is 6.42 Å². The minimum absolute atomic E-state index is 0.0588. The molecular weight excluding hydrogens is 290 g/mol. The molecule has 23 heavy (non-hydrogen) atoms. The first-order chi connectivity index (χ1) is 11.1. The van der Waals surface area contributed by atoms with Crippen molar-refractivity contribution < 1.29 is 14.7 Å². The summed E-state index contributed by atoms with van der Waals surface area (Å²) in [6, 6.07) is 15.3. The molecule has 1 amide bonds. The van der Waals surface area contributed by atoms with Crippen LogP contribution >= 0.6 is 0 Å². The summed E-state index contributed by atoms with van der Waals surface area (Å²) >= 11 is 0. The van der Waals surface area contributed by atoms with Gasteiger partial charge in [-0.2, -0.15) is 0 Å². The molecule has 2 rings (SSSR count). The Morgan fingerprint density at radius 3 is 2.35 bits per heavy atom. The van der Waals surface area contributed by atoms with Gasteiger partial charge in [-0.1, -0.05) is 43.3 Å². The smallest absolute Gasteiger partial charge is 0.303 e. The molecule has 0 radical (unpaired) electrons. The van der Waals surface area contributed by atoms with Gasteiger partial charge in [0.2, 0.25) is 5.91 Å². The predicted octanol–water partition coefficient (Wildman–Crippen LogP) is 3.45. The topological polar surface area (TPSA) is 66.4 Å². The first-order valence-electron chi connectivity index (χ1n) is 7.75. The molecule has 0 aliphatic rings. The standard InChI is InChI=1S/C19H21NO3/c1-2-14-4-3-5-16(12-14)13-18(21)20-17-9-6-15(7-10-17)8-11-19(22)23/h3-7,9-10,12H,2,8,11,13H2,1H3,(H,20,21)(H,22,23). The van der Waals surface area contributed by atoms with Gasteiger partial charge in [0, 0.05) is 12.1 Å². The molecule has 0 unspecified atom stereocenters. The zero-order valence-corrected chi connectivity index (χ0v) is 13.2. The maximum atomic E-state index is 12.1. The van der Waals surface area contributed by atoms with Crippen LogP contribution in [0.25, 0.3) is 0 Å². The zero-order chi connectivity index (χ0) is 16.7. The van der Waals surface area contributed by atoms with E-state index >= 15 is 0 Å². The molecule has 0 saturated carbocycles. The van der Waals surface area contributed by atoms with Gasteiger partial charge in [0.25, 0.3) is 0 Å². The number of hydrogen-bond donors (Lipinski definition) is 2. The maximum absolute atomic E-state index is 12.1. The Hall–Kier alpha value is -2.62. The highest BCUT2D eigenvalue weighted by Gasteiger charge is 2.05. The van der Waals surface area contributed by atoms with Gasteiger partial charge in [0.1, 0.15) is 0 Å². The van der Waals surface area contributed by atoms with E-state index in [2.05, 4.69) is 24.4 Å². The Bertz CT molecular complexity index is 677. The normalized spacial score (nSPS) is 10.3. The molecule has 0 fully saturated rings. The van der Waals surface area contributed by atoms with E-state index in [0.29, 0.717) is 12.8 Å². The summed E-state index contributed by atoms with van der Waals surface area (Å²) in [5.74, 6) is -0.867. The van der Waals surface area contributed by atoms with Gasteiger partial charge < -0.3 is 10.4 Å². The van der Waals surface area contributed by atoms with E-state index in [-0.39, 0.29) is 12.3 Å². The number of carboxylic acid groups (broad SMARTS) is 1. The second-order valence-electron chi connectivity index (χ2n) is 5.49. The molecule has 2 aromatic carbocycles. The number of aliphatic carboxylic acids is 1. The maximum Gasteiger partial charge on any atom is 0.303 e. The van der Waals surface area contributed by atoms with E-state index in [1.165, 1.54) is 5.56 Å². The largest absolute Gasteiger partial charge is 0.481 e. The molecule has 0 bridgehead atoms. The lowest BCUT2D eigenvalue weighted by atomic mass is 10.1. The first kappa shape index (κ1) is 16.7. The van der Waals surface area contributed by atoms with Crippen LogP contribution in [0, 0.1) is 0 Å². The van der Waals surface area contributed by atoms with E-state index in [1.54, 1.807) is 12.1 Å². The second-order valence-corrected chi connectivity index (χ2v) is 5.49. The van der Waals surface area contributed by atoms with Crippen LogP contribution in [0.1, 0.15) is 30.0 Å². The molecule has 4 heteroatoms. The minimum Gasteiger partial charge on any atom is -0.481 e. The summed E-state index contributed by atoms with van der Waals surface area (Å²) in [6.45, 7) is 2.09. The summed E-state index contributed by atoms with van der Waals surface area (Å²) in [7, 11) is 0. The van der Waals surface area contributed by atoms with E-state index in [4.69, 9.17) is 5.11 Å².